The van der Waals surface area contributed by atoms with Crippen LogP contribution in [0.4, 0.5) is 28.4 Å². The van der Waals surface area contributed by atoms with E-state index in [9.17, 15) is 23.3 Å². The molecule has 1 aliphatic carbocycles. The molecule has 17 nitrogen and oxygen atoms in total. The van der Waals surface area contributed by atoms with Crippen molar-refractivity contribution in [1.82, 2.24) is 19.6 Å². The zero-order chi connectivity index (χ0) is 46.9. The molecule has 0 radical (unpaired) electrons. The fourth-order valence-corrected chi connectivity index (χ4v) is 12.5. The number of aromatic amines is 1. The van der Waals surface area contributed by atoms with Gasteiger partial charge in [-0.2, -0.15) is 4.98 Å². The zero-order valence-electron chi connectivity index (χ0n) is 38.2. The van der Waals surface area contributed by atoms with Crippen LogP contribution in [0.25, 0.3) is 16.6 Å². The maximum Gasteiger partial charge on any atom is 0.297 e. The summed E-state index contributed by atoms with van der Waals surface area (Å²) in [5.41, 5.74) is 6.32. The number of carbonyl (C=O) groups is 1. The van der Waals surface area contributed by atoms with E-state index in [-0.39, 0.29) is 41.7 Å². The van der Waals surface area contributed by atoms with Gasteiger partial charge in [0.2, 0.25) is 5.88 Å². The maximum atomic E-state index is 14.5. The molecule has 0 unspecified atom stereocenters. The van der Waals surface area contributed by atoms with Crippen LogP contribution in [0.3, 0.4) is 0 Å². The standard InChI is InChI=1S/C50H56N8O9S/c1-30(2)36-7-4-5-8-37(36)40-9-6-16-56(40)34-25-50(26-34)13-17-55(18-14-50)33-10-11-38(41(22-33)57-27-31(3)67-49-43(57)21-32-12-15-51-47(32)53-49)48(59)54-68(62,63)35-23-42(58(60)61)46-44(24-35)66-28-39(52-46)45-29-64-19-20-65-45/h4-5,7-8,10-12,15,21-24,31,34,39-40,45,52H,1,6,9,13-14,16-20,25-29H2,2-3H3,(H,51,53)(H,54,59)/t31-,39+,40+,45-/m1/s1. The minimum Gasteiger partial charge on any atom is -0.489 e. The van der Waals surface area contributed by atoms with Crippen LogP contribution in [0.2, 0.25) is 0 Å². The van der Waals surface area contributed by atoms with Crippen LogP contribution < -0.4 is 29.3 Å². The number of benzene rings is 3. The van der Waals surface area contributed by atoms with Crippen LogP contribution in [-0.2, 0) is 19.5 Å². The van der Waals surface area contributed by atoms with Crippen molar-refractivity contribution < 1.29 is 37.1 Å². The number of sulfonamides is 1. The SMILES string of the molecule is C=C(C)c1ccccc1[C@@H]1CCCN1C1CC2(CCN(c3ccc(C(=O)NS(=O)(=O)c4cc5c(c([N+](=O)[O-])c4)N[C@H]([C@H]4COCCO4)CO5)c(N4C[C@@H](C)Oc5nc6[nH]ccc6cc54)c3)CC2)C1. The summed E-state index contributed by atoms with van der Waals surface area (Å²) in [6.45, 7) is 12.6. The van der Waals surface area contributed by atoms with Crippen molar-refractivity contribution in [3.63, 3.8) is 0 Å². The number of piperidine rings is 1. The van der Waals surface area contributed by atoms with Crippen LogP contribution >= 0.6 is 0 Å². The van der Waals surface area contributed by atoms with Crippen molar-refractivity contribution in [3.05, 3.63) is 106 Å². The van der Waals surface area contributed by atoms with E-state index >= 15 is 0 Å². The molecule has 11 rings (SSSR count). The van der Waals surface area contributed by atoms with E-state index in [1.54, 1.807) is 12.3 Å². The summed E-state index contributed by atoms with van der Waals surface area (Å²) < 4.78 is 54.0. The molecular formula is C50H56N8O9S. The first-order valence-corrected chi connectivity index (χ1v) is 25.1. The number of aromatic nitrogens is 2. The second-order valence-electron chi connectivity index (χ2n) is 19.3. The lowest BCUT2D eigenvalue weighted by atomic mass is 9.59. The predicted molar refractivity (Wildman–Crippen MR) is 258 cm³/mol. The lowest BCUT2D eigenvalue weighted by molar-refractivity contribution is -0.384. The van der Waals surface area contributed by atoms with Gasteiger partial charge in [0.15, 0.2) is 11.4 Å². The van der Waals surface area contributed by atoms with Crippen molar-refractivity contribution in [2.75, 3.05) is 67.7 Å². The molecule has 7 heterocycles. The Balaban J connectivity index is 0.858. The highest BCUT2D eigenvalue weighted by atomic mass is 32.2. The average Bonchev–Trinajstić information content (AvgIpc) is 4.02. The van der Waals surface area contributed by atoms with Crippen LogP contribution in [0.1, 0.15) is 79.9 Å². The number of rotatable bonds is 10. The second kappa shape index (κ2) is 17.4. The Kier molecular flexibility index (Phi) is 11.3. The van der Waals surface area contributed by atoms with E-state index < -0.39 is 43.6 Å². The minimum atomic E-state index is -4.68. The van der Waals surface area contributed by atoms with Gasteiger partial charge in [-0.25, -0.2) is 13.1 Å². The minimum absolute atomic E-state index is 0.0234. The van der Waals surface area contributed by atoms with E-state index in [1.807, 2.05) is 36.1 Å². The summed E-state index contributed by atoms with van der Waals surface area (Å²) in [5, 5.41) is 16.4. The molecule has 3 aromatic carbocycles. The van der Waals surface area contributed by atoms with Crippen LogP contribution in [0.5, 0.6) is 11.6 Å². The number of fused-ring (bicyclic) bond motifs is 3. The number of nitrogens with zero attached hydrogens (tertiary/aromatic N) is 5. The number of anilines is 4. The molecule has 0 bridgehead atoms. The van der Waals surface area contributed by atoms with Gasteiger partial charge < -0.3 is 39.0 Å². The van der Waals surface area contributed by atoms with Gasteiger partial charge in [0.25, 0.3) is 21.6 Å². The monoisotopic (exact) mass is 944 g/mol. The van der Waals surface area contributed by atoms with Crippen molar-refractivity contribution in [1.29, 1.82) is 0 Å². The van der Waals surface area contributed by atoms with Crippen molar-refractivity contribution in [2.24, 2.45) is 5.41 Å². The number of hydrogen-bond acceptors (Lipinski definition) is 14. The van der Waals surface area contributed by atoms with Crippen molar-refractivity contribution in [2.45, 2.75) is 87.6 Å². The van der Waals surface area contributed by atoms with Gasteiger partial charge in [-0.3, -0.25) is 19.8 Å². The predicted octanol–water partition coefficient (Wildman–Crippen LogP) is 7.72. The van der Waals surface area contributed by atoms with E-state index in [0.29, 0.717) is 54.7 Å². The summed E-state index contributed by atoms with van der Waals surface area (Å²) in [7, 11) is -4.68. The van der Waals surface area contributed by atoms with Gasteiger partial charge in [-0.1, -0.05) is 36.4 Å². The molecule has 2 aromatic heterocycles. The van der Waals surface area contributed by atoms with Crippen LogP contribution in [0.15, 0.2) is 84.4 Å². The number of hydrogen-bond donors (Lipinski definition) is 3. The lowest BCUT2D eigenvalue weighted by Crippen LogP contribution is -2.55. The van der Waals surface area contributed by atoms with Gasteiger partial charge >= 0.3 is 0 Å². The Bertz CT molecular complexity index is 2920. The number of ether oxygens (including phenoxy) is 4. The third-order valence-corrected chi connectivity index (χ3v) is 16.2. The highest BCUT2D eigenvalue weighted by Crippen LogP contribution is 2.54. The van der Waals surface area contributed by atoms with Crippen LogP contribution in [0, 0.1) is 15.5 Å². The van der Waals surface area contributed by atoms with Gasteiger partial charge in [0, 0.05) is 54.6 Å². The van der Waals surface area contributed by atoms with Crippen LogP contribution in [-0.4, -0.2) is 111 Å². The number of likely N-dealkylation sites (tertiary alicyclic amines) is 1. The summed E-state index contributed by atoms with van der Waals surface area (Å²) in [6, 6.07) is 20.7. The first kappa shape index (κ1) is 44.3. The van der Waals surface area contributed by atoms with Crippen molar-refractivity contribution in [3.8, 4) is 11.6 Å². The molecule has 4 fully saturated rings. The Morgan fingerprint density at radius 3 is 2.60 bits per heavy atom. The smallest absolute Gasteiger partial charge is 0.297 e. The number of amides is 1. The van der Waals surface area contributed by atoms with Gasteiger partial charge in [0.05, 0.1) is 53.5 Å². The van der Waals surface area contributed by atoms with E-state index in [4.69, 9.17) is 23.9 Å². The fraction of sp³-hybridized carbons (Fsp3) is 0.440. The number of allylic oxidation sites excluding steroid dienone is 1. The highest BCUT2D eigenvalue weighted by Gasteiger charge is 2.50. The Morgan fingerprint density at radius 1 is 1.00 bits per heavy atom. The summed E-state index contributed by atoms with van der Waals surface area (Å²) in [6.07, 6.45) is 7.85. The Morgan fingerprint density at radius 2 is 1.82 bits per heavy atom. The first-order chi connectivity index (χ1) is 32.8. The number of nitro benzene ring substituents is 1. The van der Waals surface area contributed by atoms with E-state index in [1.165, 1.54) is 42.9 Å². The zero-order valence-corrected chi connectivity index (χ0v) is 39.1. The average molecular weight is 945 g/mol. The molecule has 68 heavy (non-hydrogen) atoms. The molecule has 5 aromatic rings. The summed E-state index contributed by atoms with van der Waals surface area (Å²) >= 11 is 0. The number of pyridine rings is 1. The fourth-order valence-electron chi connectivity index (χ4n) is 11.5. The third kappa shape index (κ3) is 8.09. The normalized spacial score (nSPS) is 23.7. The van der Waals surface area contributed by atoms with Gasteiger partial charge in [-0.05, 0) is 106 Å². The lowest BCUT2D eigenvalue weighted by Gasteiger charge is -2.56. The molecule has 1 spiro atoms. The quantitative estimate of drug-likeness (QED) is 0.0910. The molecule has 356 valence electrons. The molecule has 3 N–H and O–H groups in total. The molecule has 5 aliphatic heterocycles. The van der Waals surface area contributed by atoms with Gasteiger partial charge in [-0.15, -0.1) is 0 Å². The Hall–Kier alpha value is -6.21. The second-order valence-corrected chi connectivity index (χ2v) is 21.0. The molecular weight excluding hydrogens is 889 g/mol. The van der Waals surface area contributed by atoms with E-state index in [2.05, 4.69) is 62.6 Å². The topological polar surface area (TPSA) is 194 Å². The summed E-state index contributed by atoms with van der Waals surface area (Å²) in [4.78, 5) is 40.7. The number of nitrogens with one attached hydrogen (secondary N) is 3. The van der Waals surface area contributed by atoms with E-state index in [0.717, 1.165) is 55.2 Å². The summed E-state index contributed by atoms with van der Waals surface area (Å²) in [5.74, 6) is -0.551. The largest absolute Gasteiger partial charge is 0.489 e. The number of nitro groups is 1. The number of carbonyl (C=O) groups excluding carboxylic acids is 1. The molecule has 3 saturated heterocycles. The van der Waals surface area contributed by atoms with Crippen molar-refractivity contribution >= 4 is 61.0 Å². The molecule has 6 aliphatic rings. The molecule has 18 heteroatoms. The highest BCUT2D eigenvalue weighted by molar-refractivity contribution is 7.90. The molecule has 4 atom stereocenters. The van der Waals surface area contributed by atoms with Gasteiger partial charge in [0.1, 0.15) is 30.1 Å². The maximum absolute atomic E-state index is 14.5. The first-order valence-electron chi connectivity index (χ1n) is 23.6. The molecule has 1 saturated carbocycles. The third-order valence-electron chi connectivity index (χ3n) is 14.9. The Labute approximate surface area is 395 Å². The molecule has 1 amide bonds. The number of H-pyrrole nitrogens is 1.